The molecule has 2 rings (SSSR count). The van der Waals surface area contributed by atoms with Crippen LogP contribution in [0.3, 0.4) is 0 Å². The van der Waals surface area contributed by atoms with Gasteiger partial charge in [0.25, 0.3) is 0 Å². The van der Waals surface area contributed by atoms with Gasteiger partial charge in [0, 0.05) is 17.9 Å². The van der Waals surface area contributed by atoms with E-state index in [1.54, 1.807) is 11.8 Å². The van der Waals surface area contributed by atoms with E-state index in [2.05, 4.69) is 29.1 Å². The molecule has 1 atom stereocenters. The summed E-state index contributed by atoms with van der Waals surface area (Å²) in [5.41, 5.74) is 2.03. The fraction of sp³-hybridized carbons (Fsp3) is 0.533. The summed E-state index contributed by atoms with van der Waals surface area (Å²) in [6.07, 6.45) is 1.17. The van der Waals surface area contributed by atoms with Crippen molar-refractivity contribution in [1.82, 2.24) is 15.3 Å². The molecular formula is C15H23N3OS. The van der Waals surface area contributed by atoms with Crippen molar-refractivity contribution in [2.45, 2.75) is 38.4 Å². The van der Waals surface area contributed by atoms with E-state index < -0.39 is 0 Å². The van der Waals surface area contributed by atoms with Gasteiger partial charge in [-0.05, 0) is 38.9 Å². The topological polar surface area (TPSA) is 49.9 Å². The van der Waals surface area contributed by atoms with Gasteiger partial charge in [0.2, 0.25) is 0 Å². The summed E-state index contributed by atoms with van der Waals surface area (Å²) in [4.78, 5) is 7.94. The highest BCUT2D eigenvalue weighted by Gasteiger charge is 2.07. The lowest BCUT2D eigenvalue weighted by atomic mass is 10.3. The molecule has 1 aromatic heterocycles. The van der Waals surface area contributed by atoms with Crippen LogP contribution in [-0.2, 0) is 0 Å². The summed E-state index contributed by atoms with van der Waals surface area (Å²) in [5, 5.41) is 4.45. The molecule has 0 amide bonds. The van der Waals surface area contributed by atoms with Crippen molar-refractivity contribution in [3.05, 3.63) is 18.2 Å². The van der Waals surface area contributed by atoms with E-state index in [1.165, 1.54) is 6.42 Å². The molecule has 0 aliphatic carbocycles. The molecule has 2 N–H and O–H groups in total. The van der Waals surface area contributed by atoms with E-state index in [-0.39, 0.29) is 0 Å². The molecular weight excluding hydrogens is 270 g/mol. The summed E-state index contributed by atoms with van der Waals surface area (Å²) in [6, 6.07) is 6.47. The number of hydrogen-bond donors (Lipinski definition) is 2. The number of fused-ring (bicyclic) bond motifs is 1. The van der Waals surface area contributed by atoms with Crippen LogP contribution in [0.5, 0.6) is 5.75 Å². The molecule has 1 aromatic carbocycles. The van der Waals surface area contributed by atoms with Crippen molar-refractivity contribution in [3.8, 4) is 5.75 Å². The number of thioether (sulfide) groups is 1. The molecule has 0 fully saturated rings. The average Bonchev–Trinajstić information content (AvgIpc) is 2.85. The van der Waals surface area contributed by atoms with Gasteiger partial charge in [0.05, 0.1) is 17.6 Å². The van der Waals surface area contributed by atoms with Gasteiger partial charge in [-0.1, -0.05) is 18.7 Å². The average molecular weight is 293 g/mol. The van der Waals surface area contributed by atoms with Crippen molar-refractivity contribution < 1.29 is 4.74 Å². The van der Waals surface area contributed by atoms with Crippen LogP contribution in [0.15, 0.2) is 23.4 Å². The fourth-order valence-corrected chi connectivity index (χ4v) is 2.81. The Labute approximate surface area is 124 Å². The number of hydrogen-bond acceptors (Lipinski definition) is 4. The minimum atomic E-state index is 0.493. The molecule has 1 heterocycles. The van der Waals surface area contributed by atoms with E-state index in [9.17, 15) is 0 Å². The van der Waals surface area contributed by atoms with Crippen molar-refractivity contribution in [2.75, 3.05) is 18.9 Å². The molecule has 4 nitrogen and oxygen atoms in total. The Balaban J connectivity index is 1.97. The molecule has 0 aliphatic heterocycles. The molecule has 5 heteroatoms. The van der Waals surface area contributed by atoms with Gasteiger partial charge in [-0.25, -0.2) is 4.98 Å². The smallest absolute Gasteiger partial charge is 0.166 e. The van der Waals surface area contributed by atoms with E-state index in [1.807, 2.05) is 25.1 Å². The number of aromatic nitrogens is 2. The summed E-state index contributed by atoms with van der Waals surface area (Å²) >= 11 is 1.75. The number of nitrogens with zero attached hydrogens (tertiary/aromatic N) is 1. The summed E-state index contributed by atoms with van der Waals surface area (Å²) in [5.74, 6) is 1.90. The van der Waals surface area contributed by atoms with Crippen LogP contribution in [0.25, 0.3) is 11.0 Å². The predicted molar refractivity (Wildman–Crippen MR) is 85.7 cm³/mol. The van der Waals surface area contributed by atoms with Gasteiger partial charge in [-0.2, -0.15) is 0 Å². The van der Waals surface area contributed by atoms with Gasteiger partial charge in [0.15, 0.2) is 5.16 Å². The molecule has 0 saturated heterocycles. The highest BCUT2D eigenvalue weighted by Crippen LogP contribution is 2.23. The normalized spacial score (nSPS) is 12.8. The first-order valence-electron chi connectivity index (χ1n) is 7.21. The Morgan fingerprint density at radius 1 is 1.40 bits per heavy atom. The van der Waals surface area contributed by atoms with Crippen LogP contribution < -0.4 is 10.1 Å². The SMILES string of the molecule is CCCNC(C)CSc1nc2ccc(OCC)cc2[nH]1. The van der Waals surface area contributed by atoms with E-state index in [0.717, 1.165) is 34.2 Å². The van der Waals surface area contributed by atoms with Crippen molar-refractivity contribution in [3.63, 3.8) is 0 Å². The zero-order valence-corrected chi connectivity index (χ0v) is 13.2. The molecule has 1 unspecified atom stereocenters. The van der Waals surface area contributed by atoms with Gasteiger partial charge >= 0.3 is 0 Å². The summed E-state index contributed by atoms with van der Waals surface area (Å²) in [7, 11) is 0. The molecule has 2 aromatic rings. The van der Waals surface area contributed by atoms with Crippen LogP contribution in [0.4, 0.5) is 0 Å². The molecule has 0 aliphatic rings. The number of ether oxygens (including phenoxy) is 1. The van der Waals surface area contributed by atoms with E-state index in [0.29, 0.717) is 12.6 Å². The Bertz CT molecular complexity index is 541. The Kier molecular flexibility index (Phi) is 5.73. The zero-order valence-electron chi connectivity index (χ0n) is 12.4. The second kappa shape index (κ2) is 7.55. The van der Waals surface area contributed by atoms with Crippen molar-refractivity contribution in [2.24, 2.45) is 0 Å². The quantitative estimate of drug-likeness (QED) is 0.732. The third-order valence-electron chi connectivity index (χ3n) is 2.96. The number of imidazole rings is 1. The maximum atomic E-state index is 5.50. The van der Waals surface area contributed by atoms with Gasteiger partial charge in [-0.3, -0.25) is 0 Å². The lowest BCUT2D eigenvalue weighted by Crippen LogP contribution is -2.28. The molecule has 0 spiro atoms. The lowest BCUT2D eigenvalue weighted by molar-refractivity contribution is 0.340. The van der Waals surface area contributed by atoms with Crippen molar-refractivity contribution in [1.29, 1.82) is 0 Å². The minimum Gasteiger partial charge on any atom is -0.494 e. The van der Waals surface area contributed by atoms with Crippen LogP contribution in [0.1, 0.15) is 27.2 Å². The Morgan fingerprint density at radius 3 is 3.00 bits per heavy atom. The minimum absolute atomic E-state index is 0.493. The van der Waals surface area contributed by atoms with Gasteiger partial charge in [0.1, 0.15) is 5.75 Å². The molecule has 0 radical (unpaired) electrons. The zero-order chi connectivity index (χ0) is 14.4. The first-order valence-corrected chi connectivity index (χ1v) is 8.20. The van der Waals surface area contributed by atoms with Gasteiger partial charge in [-0.15, -0.1) is 0 Å². The highest BCUT2D eigenvalue weighted by molar-refractivity contribution is 7.99. The van der Waals surface area contributed by atoms with Crippen molar-refractivity contribution >= 4 is 22.8 Å². The molecule has 110 valence electrons. The monoisotopic (exact) mass is 293 g/mol. The maximum Gasteiger partial charge on any atom is 0.166 e. The Morgan fingerprint density at radius 2 is 2.25 bits per heavy atom. The third-order valence-corrected chi connectivity index (χ3v) is 4.09. The fourth-order valence-electron chi connectivity index (χ4n) is 1.94. The summed E-state index contributed by atoms with van der Waals surface area (Å²) < 4.78 is 5.50. The van der Waals surface area contributed by atoms with Crippen LogP contribution >= 0.6 is 11.8 Å². The molecule has 0 saturated carbocycles. The second-order valence-electron chi connectivity index (χ2n) is 4.82. The predicted octanol–water partition coefficient (Wildman–Crippen LogP) is 3.44. The van der Waals surface area contributed by atoms with Crippen LogP contribution in [0, 0.1) is 0 Å². The maximum absolute atomic E-state index is 5.50. The van der Waals surface area contributed by atoms with Crippen LogP contribution in [-0.4, -0.2) is 34.9 Å². The summed E-state index contributed by atoms with van der Waals surface area (Å²) in [6.45, 7) is 8.13. The second-order valence-corrected chi connectivity index (χ2v) is 5.83. The number of H-pyrrole nitrogens is 1. The Hall–Kier alpha value is -1.20. The number of nitrogens with one attached hydrogen (secondary N) is 2. The largest absolute Gasteiger partial charge is 0.494 e. The highest BCUT2D eigenvalue weighted by atomic mass is 32.2. The molecule has 0 bridgehead atoms. The molecule has 20 heavy (non-hydrogen) atoms. The third kappa shape index (κ3) is 4.15. The first-order chi connectivity index (χ1) is 9.72. The van der Waals surface area contributed by atoms with Gasteiger partial charge < -0.3 is 15.0 Å². The van der Waals surface area contributed by atoms with E-state index in [4.69, 9.17) is 4.74 Å². The van der Waals surface area contributed by atoms with Crippen LogP contribution in [0.2, 0.25) is 0 Å². The number of benzene rings is 1. The lowest BCUT2D eigenvalue weighted by Gasteiger charge is -2.11. The first kappa shape index (κ1) is 15.2. The number of aromatic amines is 1. The standard InChI is InChI=1S/C15H23N3OS/c1-4-8-16-11(3)10-20-15-17-13-7-6-12(19-5-2)9-14(13)18-15/h6-7,9,11,16H,4-5,8,10H2,1-3H3,(H,17,18). The number of rotatable bonds is 8. The van der Waals surface area contributed by atoms with E-state index >= 15 is 0 Å².